The van der Waals surface area contributed by atoms with Crippen molar-refractivity contribution in [2.24, 2.45) is 0 Å². The summed E-state index contributed by atoms with van der Waals surface area (Å²) < 4.78 is 2.00. The highest BCUT2D eigenvalue weighted by Crippen LogP contribution is 2.31. The van der Waals surface area contributed by atoms with Crippen LogP contribution in [0.1, 0.15) is 47.2 Å². The van der Waals surface area contributed by atoms with Crippen molar-refractivity contribution in [3.8, 4) is 0 Å². The molecule has 6 nitrogen and oxygen atoms in total. The normalized spacial score (nSPS) is 18.0. The smallest absolute Gasteiger partial charge is 0.254 e. The third-order valence-electron chi connectivity index (χ3n) is 4.55. The van der Waals surface area contributed by atoms with Gasteiger partial charge in [-0.2, -0.15) is 0 Å². The molecule has 1 saturated heterocycles. The van der Waals surface area contributed by atoms with E-state index in [2.05, 4.69) is 9.97 Å². The minimum absolute atomic E-state index is 0.0315. The van der Waals surface area contributed by atoms with Crippen LogP contribution >= 0.6 is 0 Å². The predicted molar refractivity (Wildman–Crippen MR) is 89.6 cm³/mol. The molecule has 6 heteroatoms. The molecule has 122 valence electrons. The number of hydrogen-bond acceptors (Lipinski definition) is 4. The molecule has 3 aromatic heterocycles. The Labute approximate surface area is 140 Å². The average molecular weight is 321 g/mol. The van der Waals surface area contributed by atoms with Gasteiger partial charge in [0.2, 0.25) is 0 Å². The van der Waals surface area contributed by atoms with Gasteiger partial charge in [0.25, 0.3) is 5.91 Å². The molecule has 1 aliphatic rings. The van der Waals surface area contributed by atoms with Crippen molar-refractivity contribution in [3.05, 3.63) is 60.2 Å². The number of amides is 1. The van der Waals surface area contributed by atoms with E-state index in [1.807, 2.05) is 28.5 Å². The van der Waals surface area contributed by atoms with Crippen LogP contribution in [0.2, 0.25) is 0 Å². The van der Waals surface area contributed by atoms with Gasteiger partial charge in [-0.3, -0.25) is 14.2 Å². The summed E-state index contributed by atoms with van der Waals surface area (Å²) >= 11 is 0. The van der Waals surface area contributed by atoms with Gasteiger partial charge in [-0.25, -0.2) is 9.97 Å². The first kappa shape index (κ1) is 14.8. The molecule has 4 rings (SSSR count). The molecule has 4 heterocycles. The molecule has 1 amide bonds. The summed E-state index contributed by atoms with van der Waals surface area (Å²) in [6.45, 7) is 2.73. The second kappa shape index (κ2) is 6.03. The van der Waals surface area contributed by atoms with Crippen molar-refractivity contribution < 1.29 is 4.79 Å². The second-order valence-corrected chi connectivity index (χ2v) is 6.19. The van der Waals surface area contributed by atoms with Crippen LogP contribution in [0.3, 0.4) is 0 Å². The van der Waals surface area contributed by atoms with Crippen LogP contribution in [0, 0.1) is 6.92 Å². The van der Waals surface area contributed by atoms with Gasteiger partial charge in [0.05, 0.1) is 17.8 Å². The van der Waals surface area contributed by atoms with Gasteiger partial charge in [0.15, 0.2) is 0 Å². The van der Waals surface area contributed by atoms with E-state index >= 15 is 0 Å². The number of aryl methyl sites for hydroxylation is 1. The number of carbonyl (C=O) groups excluding carboxylic acids is 1. The lowest BCUT2D eigenvalue weighted by Gasteiger charge is -2.35. The molecule has 0 N–H and O–H groups in total. The highest BCUT2D eigenvalue weighted by Gasteiger charge is 2.31. The third kappa shape index (κ3) is 2.54. The summed E-state index contributed by atoms with van der Waals surface area (Å²) in [5, 5.41) is 0. The van der Waals surface area contributed by atoms with E-state index < -0.39 is 0 Å². The van der Waals surface area contributed by atoms with E-state index in [-0.39, 0.29) is 11.9 Å². The van der Waals surface area contributed by atoms with E-state index in [0.29, 0.717) is 5.56 Å². The van der Waals surface area contributed by atoms with Gasteiger partial charge in [-0.1, -0.05) is 0 Å². The number of carbonyl (C=O) groups is 1. The Morgan fingerprint density at radius 1 is 1.21 bits per heavy atom. The molecule has 1 fully saturated rings. The van der Waals surface area contributed by atoms with Gasteiger partial charge in [-0.15, -0.1) is 0 Å². The number of fused-ring (bicyclic) bond motifs is 1. The molecule has 0 unspecified atom stereocenters. The molecule has 24 heavy (non-hydrogen) atoms. The van der Waals surface area contributed by atoms with E-state index in [9.17, 15) is 4.79 Å². The minimum atomic E-state index is -0.0315. The summed E-state index contributed by atoms with van der Waals surface area (Å²) in [4.78, 5) is 27.9. The van der Waals surface area contributed by atoms with Crippen LogP contribution in [0.25, 0.3) is 5.52 Å². The van der Waals surface area contributed by atoms with Crippen molar-refractivity contribution in [2.45, 2.75) is 32.2 Å². The first-order valence-electron chi connectivity index (χ1n) is 8.24. The zero-order valence-electron chi connectivity index (χ0n) is 13.6. The number of piperidine rings is 1. The van der Waals surface area contributed by atoms with Crippen molar-refractivity contribution in [2.75, 3.05) is 6.54 Å². The molecule has 0 spiro atoms. The van der Waals surface area contributed by atoms with Crippen LogP contribution in [-0.2, 0) is 0 Å². The molecule has 1 aliphatic heterocycles. The van der Waals surface area contributed by atoms with Gasteiger partial charge in [-0.05, 0) is 44.4 Å². The number of rotatable bonds is 2. The molecule has 3 aromatic rings. The van der Waals surface area contributed by atoms with Crippen LogP contribution in [0.5, 0.6) is 0 Å². The molecule has 0 saturated carbocycles. The van der Waals surface area contributed by atoms with Crippen molar-refractivity contribution >= 4 is 11.4 Å². The maximum atomic E-state index is 13.0. The van der Waals surface area contributed by atoms with Crippen molar-refractivity contribution in [3.63, 3.8) is 0 Å². The summed E-state index contributed by atoms with van der Waals surface area (Å²) in [5.41, 5.74) is 2.63. The summed E-state index contributed by atoms with van der Waals surface area (Å²) in [6.07, 6.45) is 9.95. The first-order valence-corrected chi connectivity index (χ1v) is 8.24. The zero-order valence-corrected chi connectivity index (χ0v) is 13.6. The topological polar surface area (TPSA) is 63.4 Å². The molecular weight excluding hydrogens is 302 g/mol. The van der Waals surface area contributed by atoms with Gasteiger partial charge < -0.3 is 4.90 Å². The van der Waals surface area contributed by atoms with Crippen molar-refractivity contribution in [1.29, 1.82) is 0 Å². The van der Waals surface area contributed by atoms with E-state index in [1.54, 1.807) is 30.9 Å². The molecule has 0 radical (unpaired) electrons. The Bertz CT molecular complexity index is 874. The Morgan fingerprint density at radius 2 is 2.04 bits per heavy atom. The number of imidazole rings is 1. The highest BCUT2D eigenvalue weighted by atomic mass is 16.2. The fraction of sp³-hybridized carbons (Fsp3) is 0.333. The summed E-state index contributed by atoms with van der Waals surface area (Å²) in [7, 11) is 0. The Balaban J connectivity index is 1.77. The quantitative estimate of drug-likeness (QED) is 0.728. The monoisotopic (exact) mass is 321 g/mol. The molecule has 0 aromatic carbocycles. The van der Waals surface area contributed by atoms with E-state index in [4.69, 9.17) is 4.98 Å². The van der Waals surface area contributed by atoms with Crippen LogP contribution < -0.4 is 0 Å². The lowest BCUT2D eigenvalue weighted by atomic mass is 10.00. The first-order chi connectivity index (χ1) is 11.7. The predicted octanol–water partition coefficient (Wildman–Crippen LogP) is 2.80. The lowest BCUT2D eigenvalue weighted by Crippen LogP contribution is -2.39. The molecule has 1 atom stereocenters. The zero-order chi connectivity index (χ0) is 16.5. The minimum Gasteiger partial charge on any atom is -0.328 e. The number of hydrogen-bond donors (Lipinski definition) is 0. The van der Waals surface area contributed by atoms with Gasteiger partial charge >= 0.3 is 0 Å². The van der Waals surface area contributed by atoms with Crippen LogP contribution in [0.15, 0.2) is 43.1 Å². The molecule has 0 aliphatic carbocycles. The summed E-state index contributed by atoms with van der Waals surface area (Å²) in [5.74, 6) is 0.934. The average Bonchev–Trinajstić information content (AvgIpc) is 3.09. The maximum Gasteiger partial charge on any atom is 0.254 e. The van der Waals surface area contributed by atoms with Gasteiger partial charge in [0.1, 0.15) is 12.2 Å². The van der Waals surface area contributed by atoms with Crippen molar-refractivity contribution in [1.82, 2.24) is 24.3 Å². The third-order valence-corrected chi connectivity index (χ3v) is 4.55. The SMILES string of the molecule is Cc1cc2cncn2c([C@H]2CCCCN2C(=O)c2ccncc2)n1. The second-order valence-electron chi connectivity index (χ2n) is 6.19. The number of aromatic nitrogens is 4. The van der Waals surface area contributed by atoms with Crippen LogP contribution in [0.4, 0.5) is 0 Å². The highest BCUT2D eigenvalue weighted by molar-refractivity contribution is 5.94. The number of pyridine rings is 1. The number of likely N-dealkylation sites (tertiary alicyclic amines) is 1. The van der Waals surface area contributed by atoms with E-state index in [0.717, 1.165) is 42.8 Å². The Morgan fingerprint density at radius 3 is 2.88 bits per heavy atom. The number of nitrogens with zero attached hydrogens (tertiary/aromatic N) is 5. The largest absolute Gasteiger partial charge is 0.328 e. The maximum absolute atomic E-state index is 13.0. The molecule has 0 bridgehead atoms. The van der Waals surface area contributed by atoms with E-state index in [1.165, 1.54) is 0 Å². The Kier molecular flexibility index (Phi) is 3.72. The van der Waals surface area contributed by atoms with Gasteiger partial charge in [0, 0.05) is 30.2 Å². The Hall–Kier alpha value is -2.76. The van der Waals surface area contributed by atoms with Crippen LogP contribution in [-0.4, -0.2) is 36.7 Å². The standard InChI is InChI=1S/C18H19N5O/c1-13-10-15-11-20-12-23(15)17(21-13)16-4-2-3-9-22(16)18(24)14-5-7-19-8-6-14/h5-8,10-12,16H,2-4,9H2,1H3/t16-/m1/s1. The fourth-order valence-corrected chi connectivity index (χ4v) is 3.42. The molecular formula is C18H19N5O. The lowest BCUT2D eigenvalue weighted by molar-refractivity contribution is 0.0598. The fourth-order valence-electron chi connectivity index (χ4n) is 3.42. The summed E-state index contributed by atoms with van der Waals surface area (Å²) in [6, 6.07) is 5.51.